The van der Waals surface area contributed by atoms with E-state index in [9.17, 15) is 18.0 Å². The Morgan fingerprint density at radius 1 is 0.884 bits per heavy atom. The number of ether oxygens (including phenoxy) is 1. The van der Waals surface area contributed by atoms with Crippen LogP contribution in [0.25, 0.3) is 0 Å². The Balaban J connectivity index is 1.79. The summed E-state index contributed by atoms with van der Waals surface area (Å²) < 4.78 is 35.3. The maximum Gasteiger partial charge on any atom is 0.264 e. The van der Waals surface area contributed by atoms with Crippen LogP contribution in [0.4, 0.5) is 5.69 Å². The highest BCUT2D eigenvalue weighted by Gasteiger charge is 2.34. The molecule has 0 aromatic heterocycles. The van der Waals surface area contributed by atoms with Crippen LogP contribution in [0.1, 0.15) is 16.7 Å². The SMILES string of the molecule is CNC(=O)[C@H](Cc1ccccc1)N(Cc1cccc(OC)c1)C(=O)CN(c1ccc(Br)cc1)S(=O)(=O)c1ccc(C)cc1. The fourth-order valence-corrected chi connectivity index (χ4v) is 6.34. The number of carbonyl (C=O) groups is 2. The Morgan fingerprint density at radius 2 is 1.53 bits per heavy atom. The highest BCUT2D eigenvalue weighted by molar-refractivity contribution is 9.10. The van der Waals surface area contributed by atoms with Gasteiger partial charge in [-0.15, -0.1) is 0 Å². The number of sulfonamides is 1. The molecule has 2 amide bonds. The van der Waals surface area contributed by atoms with Gasteiger partial charge in [0.25, 0.3) is 10.0 Å². The van der Waals surface area contributed by atoms with Crippen molar-refractivity contribution in [3.8, 4) is 5.75 Å². The van der Waals surface area contributed by atoms with Gasteiger partial charge in [0, 0.05) is 24.5 Å². The van der Waals surface area contributed by atoms with Crippen molar-refractivity contribution in [3.63, 3.8) is 0 Å². The first-order valence-corrected chi connectivity index (χ1v) is 15.9. The van der Waals surface area contributed by atoms with E-state index in [0.29, 0.717) is 11.4 Å². The van der Waals surface area contributed by atoms with E-state index >= 15 is 0 Å². The van der Waals surface area contributed by atoms with Crippen LogP contribution < -0.4 is 14.4 Å². The van der Waals surface area contributed by atoms with Gasteiger partial charge in [0.1, 0.15) is 18.3 Å². The Bertz CT molecular complexity index is 1650. The molecule has 0 saturated heterocycles. The standard InChI is InChI=1S/C33H34BrN3O5S/c1-24-12-18-30(19-13-24)43(40,41)37(28-16-14-27(34)15-17-28)23-32(38)36(22-26-10-7-11-29(20-26)42-3)31(33(39)35-2)21-25-8-5-4-6-9-25/h4-20,31H,21-23H2,1-3H3,(H,35,39)/t31-/m0/s1. The molecule has 4 aromatic rings. The number of hydrogen-bond acceptors (Lipinski definition) is 5. The van der Waals surface area contributed by atoms with E-state index < -0.39 is 28.5 Å². The second-order valence-electron chi connectivity index (χ2n) is 9.99. The van der Waals surface area contributed by atoms with Crippen molar-refractivity contribution in [3.05, 3.63) is 124 Å². The first kappa shape index (κ1) is 31.8. The molecule has 0 aliphatic rings. The van der Waals surface area contributed by atoms with Gasteiger partial charge in [0.05, 0.1) is 17.7 Å². The molecule has 0 aliphatic heterocycles. The summed E-state index contributed by atoms with van der Waals surface area (Å²) in [7, 11) is -1.09. The van der Waals surface area contributed by atoms with Gasteiger partial charge in [-0.2, -0.15) is 0 Å². The molecule has 0 radical (unpaired) electrons. The summed E-state index contributed by atoms with van der Waals surface area (Å²) in [5.74, 6) is -0.300. The molecule has 224 valence electrons. The van der Waals surface area contributed by atoms with Gasteiger partial charge in [0.15, 0.2) is 0 Å². The van der Waals surface area contributed by atoms with Crippen LogP contribution in [-0.4, -0.2) is 51.9 Å². The maximum atomic E-state index is 14.3. The van der Waals surface area contributed by atoms with E-state index in [0.717, 1.165) is 25.5 Å². The van der Waals surface area contributed by atoms with Crippen LogP contribution in [0.2, 0.25) is 0 Å². The topological polar surface area (TPSA) is 96.0 Å². The summed E-state index contributed by atoms with van der Waals surface area (Å²) in [4.78, 5) is 29.2. The number of nitrogens with zero attached hydrogens (tertiary/aromatic N) is 2. The van der Waals surface area contributed by atoms with Crippen molar-refractivity contribution < 1.29 is 22.7 Å². The summed E-state index contributed by atoms with van der Waals surface area (Å²) >= 11 is 3.40. The predicted octanol–water partition coefficient (Wildman–Crippen LogP) is 5.35. The van der Waals surface area contributed by atoms with Crippen molar-refractivity contribution >= 4 is 43.5 Å². The lowest BCUT2D eigenvalue weighted by Crippen LogP contribution is -2.53. The number of rotatable bonds is 12. The van der Waals surface area contributed by atoms with Gasteiger partial charge in [-0.05, 0) is 66.6 Å². The zero-order valence-electron chi connectivity index (χ0n) is 24.2. The van der Waals surface area contributed by atoms with Crippen LogP contribution in [0.5, 0.6) is 5.75 Å². The number of halogens is 1. The number of likely N-dealkylation sites (N-methyl/N-ethyl adjacent to an activating group) is 1. The van der Waals surface area contributed by atoms with E-state index in [-0.39, 0.29) is 23.8 Å². The average molecular weight is 665 g/mol. The number of carbonyl (C=O) groups excluding carboxylic acids is 2. The summed E-state index contributed by atoms with van der Waals surface area (Å²) in [5.41, 5.74) is 2.81. The Kier molecular flexibility index (Phi) is 10.6. The fraction of sp³-hybridized carbons (Fsp3) is 0.212. The van der Waals surface area contributed by atoms with E-state index in [1.165, 1.54) is 24.1 Å². The van der Waals surface area contributed by atoms with Crippen molar-refractivity contribution in [1.29, 1.82) is 0 Å². The highest BCUT2D eigenvalue weighted by Crippen LogP contribution is 2.27. The molecule has 0 unspecified atom stereocenters. The number of methoxy groups -OCH3 is 1. The van der Waals surface area contributed by atoms with Crippen LogP contribution in [0.3, 0.4) is 0 Å². The molecule has 0 aliphatic carbocycles. The molecule has 4 rings (SSSR count). The molecule has 1 atom stereocenters. The van der Waals surface area contributed by atoms with E-state index in [4.69, 9.17) is 4.74 Å². The Labute approximate surface area is 261 Å². The fourth-order valence-electron chi connectivity index (χ4n) is 4.66. The molecule has 1 N–H and O–H groups in total. The molecule has 10 heteroatoms. The maximum absolute atomic E-state index is 14.3. The van der Waals surface area contributed by atoms with Crippen molar-refractivity contribution in [2.45, 2.75) is 30.8 Å². The van der Waals surface area contributed by atoms with Crippen LogP contribution in [0.15, 0.2) is 112 Å². The smallest absolute Gasteiger partial charge is 0.264 e. The van der Waals surface area contributed by atoms with Crippen molar-refractivity contribution in [1.82, 2.24) is 10.2 Å². The first-order chi connectivity index (χ1) is 20.6. The lowest BCUT2D eigenvalue weighted by Gasteiger charge is -2.33. The summed E-state index contributed by atoms with van der Waals surface area (Å²) in [6.07, 6.45) is 0.235. The van der Waals surface area contributed by atoms with Crippen molar-refractivity contribution in [2.75, 3.05) is 25.0 Å². The molecule has 43 heavy (non-hydrogen) atoms. The van der Waals surface area contributed by atoms with E-state index in [2.05, 4.69) is 21.2 Å². The molecular weight excluding hydrogens is 630 g/mol. The van der Waals surface area contributed by atoms with Gasteiger partial charge >= 0.3 is 0 Å². The van der Waals surface area contributed by atoms with Gasteiger partial charge in [-0.25, -0.2) is 8.42 Å². The minimum absolute atomic E-state index is 0.0553. The molecule has 0 heterocycles. The number of benzene rings is 4. The van der Waals surface area contributed by atoms with Crippen molar-refractivity contribution in [2.24, 2.45) is 0 Å². The minimum Gasteiger partial charge on any atom is -0.497 e. The second-order valence-corrected chi connectivity index (χ2v) is 12.8. The van der Waals surface area contributed by atoms with Gasteiger partial charge in [0.2, 0.25) is 11.8 Å². The summed E-state index contributed by atoms with van der Waals surface area (Å²) in [6, 6.07) is 28.9. The van der Waals surface area contributed by atoms with Gasteiger partial charge < -0.3 is 15.0 Å². The molecular formula is C33H34BrN3O5S. The Hall–Kier alpha value is -4.15. The lowest BCUT2D eigenvalue weighted by atomic mass is 10.0. The number of aryl methyl sites for hydroxylation is 1. The van der Waals surface area contributed by atoms with Gasteiger partial charge in [-0.3, -0.25) is 13.9 Å². The molecule has 0 fully saturated rings. The molecule has 8 nitrogen and oxygen atoms in total. The lowest BCUT2D eigenvalue weighted by molar-refractivity contribution is -0.139. The number of anilines is 1. The third-order valence-electron chi connectivity index (χ3n) is 7.01. The number of nitrogens with one attached hydrogen (secondary N) is 1. The zero-order chi connectivity index (χ0) is 31.0. The molecule has 0 spiro atoms. The minimum atomic E-state index is -4.16. The van der Waals surface area contributed by atoms with Crippen LogP contribution >= 0.6 is 15.9 Å². The third kappa shape index (κ3) is 8.03. The summed E-state index contributed by atoms with van der Waals surface area (Å²) in [5, 5.41) is 2.69. The third-order valence-corrected chi connectivity index (χ3v) is 9.32. The number of amides is 2. The largest absolute Gasteiger partial charge is 0.497 e. The number of hydrogen-bond donors (Lipinski definition) is 1. The highest BCUT2D eigenvalue weighted by atomic mass is 79.9. The van der Waals surface area contributed by atoms with Crippen LogP contribution in [-0.2, 0) is 32.6 Å². The zero-order valence-corrected chi connectivity index (χ0v) is 26.6. The van der Waals surface area contributed by atoms with E-state index in [1.54, 1.807) is 61.7 Å². The monoisotopic (exact) mass is 663 g/mol. The molecule has 0 saturated carbocycles. The van der Waals surface area contributed by atoms with E-state index in [1.807, 2.05) is 43.3 Å². The first-order valence-electron chi connectivity index (χ1n) is 13.6. The van der Waals surface area contributed by atoms with Crippen LogP contribution in [0, 0.1) is 6.92 Å². The molecule has 0 bridgehead atoms. The normalized spacial score (nSPS) is 11.8. The predicted molar refractivity (Wildman–Crippen MR) is 171 cm³/mol. The molecule has 4 aromatic carbocycles. The van der Waals surface area contributed by atoms with Gasteiger partial charge in [-0.1, -0.05) is 76.1 Å². The second kappa shape index (κ2) is 14.3. The summed E-state index contributed by atoms with van der Waals surface area (Å²) in [6.45, 7) is 1.40. The quantitative estimate of drug-likeness (QED) is 0.221. The average Bonchev–Trinajstić information content (AvgIpc) is 3.02. The Morgan fingerprint density at radius 3 is 2.16 bits per heavy atom.